The number of rotatable bonds is 9. The molecule has 3 rings (SSSR count). The standard InChI is InChI=1S/C23H26N6O3/c1-4-29(17-10-6-5-7-11-17)22-19(21(24)31)14-25-23(27-22)26-16-9-8-12-18(13-16)28(2)20(30)15-32-3/h5-14H,4,15H2,1-3H3,(H2,24,31)(H,25,26,27). The van der Waals surface area contributed by atoms with Gasteiger partial charge in [-0.15, -0.1) is 0 Å². The molecule has 0 bridgehead atoms. The summed E-state index contributed by atoms with van der Waals surface area (Å²) in [6.07, 6.45) is 1.41. The Kier molecular flexibility index (Phi) is 7.35. The zero-order valence-electron chi connectivity index (χ0n) is 18.3. The first kappa shape index (κ1) is 22.7. The molecule has 0 aliphatic rings. The highest BCUT2D eigenvalue weighted by Gasteiger charge is 2.19. The van der Waals surface area contributed by atoms with Crippen LogP contribution in [0.4, 0.5) is 28.8 Å². The number of anilines is 5. The first-order valence-electron chi connectivity index (χ1n) is 10.1. The Bertz CT molecular complexity index is 1090. The average Bonchev–Trinajstić information content (AvgIpc) is 2.80. The molecule has 1 heterocycles. The number of benzene rings is 2. The Balaban J connectivity index is 1.93. The fraction of sp³-hybridized carbons (Fsp3) is 0.217. The van der Waals surface area contributed by atoms with Crippen molar-refractivity contribution in [2.75, 3.05) is 42.4 Å². The van der Waals surface area contributed by atoms with Gasteiger partial charge in [-0.1, -0.05) is 24.3 Å². The smallest absolute Gasteiger partial charge is 0.254 e. The van der Waals surface area contributed by atoms with Crippen LogP contribution in [0.2, 0.25) is 0 Å². The predicted molar refractivity (Wildman–Crippen MR) is 125 cm³/mol. The zero-order chi connectivity index (χ0) is 23.1. The van der Waals surface area contributed by atoms with E-state index in [1.165, 1.54) is 18.2 Å². The third kappa shape index (κ3) is 5.19. The van der Waals surface area contributed by atoms with Gasteiger partial charge in [-0.25, -0.2) is 4.98 Å². The van der Waals surface area contributed by atoms with Crippen molar-refractivity contribution in [3.8, 4) is 0 Å². The van der Waals surface area contributed by atoms with E-state index in [-0.39, 0.29) is 18.1 Å². The lowest BCUT2D eigenvalue weighted by Gasteiger charge is -2.24. The number of para-hydroxylation sites is 1. The van der Waals surface area contributed by atoms with Crippen LogP contribution in [-0.2, 0) is 9.53 Å². The first-order valence-corrected chi connectivity index (χ1v) is 10.1. The summed E-state index contributed by atoms with van der Waals surface area (Å²) in [4.78, 5) is 36.4. The minimum absolute atomic E-state index is 0.0124. The van der Waals surface area contributed by atoms with E-state index in [2.05, 4.69) is 15.3 Å². The summed E-state index contributed by atoms with van der Waals surface area (Å²) in [5, 5.41) is 3.14. The monoisotopic (exact) mass is 434 g/mol. The van der Waals surface area contributed by atoms with Gasteiger partial charge in [-0.3, -0.25) is 9.59 Å². The van der Waals surface area contributed by atoms with E-state index in [0.29, 0.717) is 29.7 Å². The highest BCUT2D eigenvalue weighted by Crippen LogP contribution is 2.28. The molecule has 3 N–H and O–H groups in total. The van der Waals surface area contributed by atoms with E-state index in [4.69, 9.17) is 10.5 Å². The molecule has 166 valence electrons. The largest absolute Gasteiger partial charge is 0.375 e. The van der Waals surface area contributed by atoms with Gasteiger partial charge in [-0.2, -0.15) is 4.98 Å². The van der Waals surface area contributed by atoms with Crippen LogP contribution in [0.3, 0.4) is 0 Å². The van der Waals surface area contributed by atoms with E-state index in [1.54, 1.807) is 13.1 Å². The Morgan fingerprint density at radius 3 is 2.47 bits per heavy atom. The Hall–Kier alpha value is -3.98. The number of aromatic nitrogens is 2. The fourth-order valence-corrected chi connectivity index (χ4v) is 3.16. The molecule has 2 amide bonds. The van der Waals surface area contributed by atoms with Crippen molar-refractivity contribution in [2.45, 2.75) is 6.92 Å². The maximum absolute atomic E-state index is 12.1. The van der Waals surface area contributed by atoms with Crippen LogP contribution in [-0.4, -0.2) is 49.1 Å². The topological polar surface area (TPSA) is 114 Å². The molecule has 0 aliphatic heterocycles. The molecule has 0 saturated carbocycles. The van der Waals surface area contributed by atoms with Crippen molar-refractivity contribution in [1.29, 1.82) is 0 Å². The SMILES string of the molecule is CCN(c1ccccc1)c1nc(Nc2cccc(N(C)C(=O)COC)c2)ncc1C(N)=O. The van der Waals surface area contributed by atoms with Gasteiger partial charge in [0.15, 0.2) is 5.82 Å². The highest BCUT2D eigenvalue weighted by atomic mass is 16.5. The van der Waals surface area contributed by atoms with Gasteiger partial charge in [0.05, 0.1) is 0 Å². The summed E-state index contributed by atoms with van der Waals surface area (Å²) in [7, 11) is 3.15. The molecule has 0 saturated heterocycles. The molecule has 1 aromatic heterocycles. The number of carbonyl (C=O) groups is 2. The summed E-state index contributed by atoms with van der Waals surface area (Å²) in [6, 6.07) is 16.9. The quantitative estimate of drug-likeness (QED) is 0.532. The second-order valence-electron chi connectivity index (χ2n) is 6.94. The minimum Gasteiger partial charge on any atom is -0.375 e. The Morgan fingerprint density at radius 1 is 1.09 bits per heavy atom. The lowest BCUT2D eigenvalue weighted by atomic mass is 10.2. The maximum atomic E-state index is 12.1. The van der Waals surface area contributed by atoms with Crippen molar-refractivity contribution >= 4 is 40.6 Å². The van der Waals surface area contributed by atoms with E-state index in [9.17, 15) is 9.59 Å². The van der Waals surface area contributed by atoms with Crippen LogP contribution in [0.5, 0.6) is 0 Å². The van der Waals surface area contributed by atoms with Gasteiger partial charge in [0.2, 0.25) is 5.95 Å². The van der Waals surface area contributed by atoms with Crippen LogP contribution in [0, 0.1) is 0 Å². The predicted octanol–water partition coefficient (Wildman–Crippen LogP) is 3.09. The van der Waals surface area contributed by atoms with Gasteiger partial charge < -0.3 is 25.6 Å². The molecule has 9 heteroatoms. The van der Waals surface area contributed by atoms with Gasteiger partial charge in [0.1, 0.15) is 12.2 Å². The molecule has 0 spiro atoms. The second kappa shape index (κ2) is 10.4. The van der Waals surface area contributed by atoms with Crippen LogP contribution in [0.1, 0.15) is 17.3 Å². The van der Waals surface area contributed by atoms with Crippen LogP contribution in [0.15, 0.2) is 60.8 Å². The number of carbonyl (C=O) groups excluding carboxylic acids is 2. The molecular formula is C23H26N6O3. The minimum atomic E-state index is -0.610. The summed E-state index contributed by atoms with van der Waals surface area (Å²) in [5.41, 5.74) is 8.05. The molecular weight excluding hydrogens is 408 g/mol. The highest BCUT2D eigenvalue weighted by molar-refractivity contribution is 5.98. The molecule has 2 aromatic carbocycles. The number of hydrogen-bond donors (Lipinski definition) is 2. The van der Waals surface area contributed by atoms with E-state index in [0.717, 1.165) is 5.69 Å². The molecule has 0 atom stereocenters. The number of amides is 2. The Labute approximate surface area is 186 Å². The number of hydrogen-bond acceptors (Lipinski definition) is 7. The fourth-order valence-electron chi connectivity index (χ4n) is 3.16. The number of nitrogens with zero attached hydrogens (tertiary/aromatic N) is 4. The van der Waals surface area contributed by atoms with Crippen molar-refractivity contribution in [2.24, 2.45) is 5.73 Å². The van der Waals surface area contributed by atoms with Crippen molar-refractivity contribution in [1.82, 2.24) is 9.97 Å². The molecule has 0 radical (unpaired) electrons. The van der Waals surface area contributed by atoms with Crippen LogP contribution >= 0.6 is 0 Å². The lowest BCUT2D eigenvalue weighted by Crippen LogP contribution is -2.29. The third-order valence-electron chi connectivity index (χ3n) is 4.81. The Morgan fingerprint density at radius 2 is 1.81 bits per heavy atom. The number of likely N-dealkylation sites (N-methyl/N-ethyl adjacent to an activating group) is 1. The van der Waals surface area contributed by atoms with Crippen molar-refractivity contribution in [3.63, 3.8) is 0 Å². The number of primary amides is 1. The molecule has 0 unspecified atom stereocenters. The molecule has 0 fully saturated rings. The lowest BCUT2D eigenvalue weighted by molar-refractivity contribution is -0.121. The van der Waals surface area contributed by atoms with Gasteiger partial charge >= 0.3 is 0 Å². The second-order valence-corrected chi connectivity index (χ2v) is 6.94. The summed E-state index contributed by atoms with van der Waals surface area (Å²) in [6.45, 7) is 2.52. The number of nitrogens with two attached hydrogens (primary N) is 1. The number of methoxy groups -OCH3 is 1. The van der Waals surface area contributed by atoms with Gasteiger partial charge in [-0.05, 0) is 37.3 Å². The molecule has 9 nitrogen and oxygen atoms in total. The van der Waals surface area contributed by atoms with E-state index >= 15 is 0 Å². The van der Waals surface area contributed by atoms with Crippen molar-refractivity contribution in [3.05, 3.63) is 66.4 Å². The maximum Gasteiger partial charge on any atom is 0.254 e. The van der Waals surface area contributed by atoms with E-state index in [1.807, 2.05) is 60.4 Å². The molecule has 0 aliphatic carbocycles. The third-order valence-corrected chi connectivity index (χ3v) is 4.81. The van der Waals surface area contributed by atoms with Crippen LogP contribution < -0.4 is 20.9 Å². The van der Waals surface area contributed by atoms with Crippen molar-refractivity contribution < 1.29 is 14.3 Å². The zero-order valence-corrected chi connectivity index (χ0v) is 18.3. The summed E-state index contributed by atoms with van der Waals surface area (Å²) >= 11 is 0. The molecule has 3 aromatic rings. The number of ether oxygens (including phenoxy) is 1. The van der Waals surface area contributed by atoms with Crippen LogP contribution in [0.25, 0.3) is 0 Å². The summed E-state index contributed by atoms with van der Waals surface area (Å²) in [5.74, 6) is -0.0775. The average molecular weight is 435 g/mol. The molecule has 32 heavy (non-hydrogen) atoms. The number of nitrogens with one attached hydrogen (secondary N) is 1. The van der Waals surface area contributed by atoms with Gasteiger partial charge in [0, 0.05) is 44.0 Å². The van der Waals surface area contributed by atoms with E-state index < -0.39 is 5.91 Å². The van der Waals surface area contributed by atoms with Gasteiger partial charge in [0.25, 0.3) is 11.8 Å². The normalized spacial score (nSPS) is 10.5. The first-order chi connectivity index (χ1) is 15.4. The summed E-state index contributed by atoms with van der Waals surface area (Å²) < 4.78 is 4.92.